The van der Waals surface area contributed by atoms with Crippen molar-refractivity contribution < 1.29 is 19.1 Å². The standard InChI is InChI=1S/C27H27BrClN3O4/c1-17(2)25(31-26(33)18-8-11-22(35-3)12-9-18)27(34)32-30-15-20-14-21(28)10-13-24(20)36-16-19-6-4-5-7-23(19)29/h4-15,17,25H,16H2,1-3H3,(H,31,33)(H,32,34). The van der Waals surface area contributed by atoms with Crippen LogP contribution in [0.3, 0.4) is 0 Å². The maximum atomic E-state index is 12.8. The van der Waals surface area contributed by atoms with Crippen molar-refractivity contribution >= 4 is 45.6 Å². The Bertz CT molecular complexity index is 1230. The van der Waals surface area contributed by atoms with Gasteiger partial charge in [0.25, 0.3) is 11.8 Å². The molecule has 0 aliphatic carbocycles. The molecule has 0 aromatic heterocycles. The number of ether oxygens (including phenoxy) is 2. The van der Waals surface area contributed by atoms with E-state index in [0.717, 1.165) is 10.0 Å². The molecule has 2 amide bonds. The first-order chi connectivity index (χ1) is 17.3. The van der Waals surface area contributed by atoms with Crippen LogP contribution < -0.4 is 20.2 Å². The van der Waals surface area contributed by atoms with Crippen molar-refractivity contribution in [2.24, 2.45) is 11.0 Å². The highest BCUT2D eigenvalue weighted by Gasteiger charge is 2.24. The van der Waals surface area contributed by atoms with E-state index in [1.165, 1.54) is 6.21 Å². The van der Waals surface area contributed by atoms with Gasteiger partial charge in [-0.2, -0.15) is 5.10 Å². The highest BCUT2D eigenvalue weighted by atomic mass is 79.9. The molecule has 188 valence electrons. The summed E-state index contributed by atoms with van der Waals surface area (Å²) in [5.41, 5.74) is 4.45. The Hall–Kier alpha value is -3.36. The number of nitrogens with zero attached hydrogens (tertiary/aromatic N) is 1. The van der Waals surface area contributed by atoms with Crippen LogP contribution in [-0.4, -0.2) is 31.2 Å². The van der Waals surface area contributed by atoms with Crippen molar-refractivity contribution in [3.8, 4) is 11.5 Å². The Morgan fingerprint density at radius 3 is 2.47 bits per heavy atom. The van der Waals surface area contributed by atoms with Gasteiger partial charge in [0.15, 0.2) is 0 Å². The molecular formula is C27H27BrClN3O4. The van der Waals surface area contributed by atoms with E-state index < -0.39 is 11.9 Å². The summed E-state index contributed by atoms with van der Waals surface area (Å²) in [5, 5.41) is 7.49. The maximum absolute atomic E-state index is 12.8. The number of rotatable bonds is 10. The van der Waals surface area contributed by atoms with Crippen molar-refractivity contribution in [1.29, 1.82) is 0 Å². The normalized spacial score (nSPS) is 11.8. The molecule has 1 atom stereocenters. The Morgan fingerprint density at radius 2 is 1.81 bits per heavy atom. The second-order valence-corrected chi connectivity index (χ2v) is 9.54. The topological polar surface area (TPSA) is 89.0 Å². The fourth-order valence-corrected chi connectivity index (χ4v) is 3.83. The number of hydrazone groups is 1. The van der Waals surface area contributed by atoms with Crippen molar-refractivity contribution in [1.82, 2.24) is 10.7 Å². The van der Waals surface area contributed by atoms with Crippen LogP contribution >= 0.6 is 27.5 Å². The van der Waals surface area contributed by atoms with Crippen LogP contribution in [0.4, 0.5) is 0 Å². The molecule has 7 nitrogen and oxygen atoms in total. The number of amides is 2. The van der Waals surface area contributed by atoms with Crippen molar-refractivity contribution in [3.63, 3.8) is 0 Å². The summed E-state index contributed by atoms with van der Waals surface area (Å²) in [6.45, 7) is 3.97. The highest BCUT2D eigenvalue weighted by molar-refractivity contribution is 9.10. The van der Waals surface area contributed by atoms with Crippen LogP contribution in [0.5, 0.6) is 11.5 Å². The van der Waals surface area contributed by atoms with Crippen LogP contribution in [0.1, 0.15) is 35.3 Å². The van der Waals surface area contributed by atoms with Gasteiger partial charge in [-0.05, 0) is 54.4 Å². The Balaban J connectivity index is 1.66. The molecule has 0 bridgehead atoms. The van der Waals surface area contributed by atoms with Gasteiger partial charge >= 0.3 is 0 Å². The average molecular weight is 573 g/mol. The summed E-state index contributed by atoms with van der Waals surface area (Å²) in [6.07, 6.45) is 1.49. The molecule has 3 aromatic carbocycles. The predicted molar refractivity (Wildman–Crippen MR) is 145 cm³/mol. The number of nitrogens with one attached hydrogen (secondary N) is 2. The van der Waals surface area contributed by atoms with Gasteiger partial charge in [-0.3, -0.25) is 9.59 Å². The quantitative estimate of drug-likeness (QED) is 0.245. The molecule has 36 heavy (non-hydrogen) atoms. The fourth-order valence-electron chi connectivity index (χ4n) is 3.26. The van der Waals surface area contributed by atoms with E-state index in [0.29, 0.717) is 27.6 Å². The highest BCUT2D eigenvalue weighted by Crippen LogP contribution is 2.24. The minimum absolute atomic E-state index is 0.164. The predicted octanol–water partition coefficient (Wildman–Crippen LogP) is 5.59. The lowest BCUT2D eigenvalue weighted by Gasteiger charge is -2.20. The molecular weight excluding hydrogens is 546 g/mol. The minimum Gasteiger partial charge on any atom is -0.497 e. The van der Waals surface area contributed by atoms with Gasteiger partial charge in [-0.1, -0.05) is 59.6 Å². The number of hydrogen-bond donors (Lipinski definition) is 2. The SMILES string of the molecule is COc1ccc(C(=O)NC(C(=O)NN=Cc2cc(Br)ccc2OCc2ccccc2Cl)C(C)C)cc1. The number of methoxy groups -OCH3 is 1. The number of hydrogen-bond acceptors (Lipinski definition) is 5. The fraction of sp³-hybridized carbons (Fsp3) is 0.222. The third-order valence-corrected chi connectivity index (χ3v) is 6.14. The van der Waals surface area contributed by atoms with E-state index in [2.05, 4.69) is 31.8 Å². The number of benzene rings is 3. The molecule has 0 spiro atoms. The summed E-state index contributed by atoms with van der Waals surface area (Å²) in [6, 6.07) is 18.8. The van der Waals surface area contributed by atoms with Gasteiger partial charge in [0.2, 0.25) is 0 Å². The summed E-state index contributed by atoms with van der Waals surface area (Å²) in [5.74, 6) is 0.253. The molecule has 0 radical (unpaired) electrons. The second-order valence-electron chi connectivity index (χ2n) is 8.22. The monoisotopic (exact) mass is 571 g/mol. The molecule has 0 saturated carbocycles. The van der Waals surface area contributed by atoms with Crippen LogP contribution in [-0.2, 0) is 11.4 Å². The van der Waals surface area contributed by atoms with Crippen LogP contribution in [0.15, 0.2) is 76.3 Å². The van der Waals surface area contributed by atoms with Crippen molar-refractivity contribution in [3.05, 3.63) is 92.9 Å². The van der Waals surface area contributed by atoms with Gasteiger partial charge < -0.3 is 14.8 Å². The lowest BCUT2D eigenvalue weighted by molar-refractivity contribution is -0.123. The molecule has 3 rings (SSSR count). The smallest absolute Gasteiger partial charge is 0.262 e. The van der Waals surface area contributed by atoms with Gasteiger partial charge in [-0.15, -0.1) is 0 Å². The molecule has 3 aromatic rings. The molecule has 1 unspecified atom stereocenters. The van der Waals surface area contributed by atoms with Crippen molar-refractivity contribution in [2.45, 2.75) is 26.5 Å². The number of halogens is 2. The molecule has 0 fully saturated rings. The minimum atomic E-state index is -0.782. The first kappa shape index (κ1) is 27.2. The summed E-state index contributed by atoms with van der Waals surface area (Å²) in [7, 11) is 1.55. The third kappa shape index (κ3) is 7.57. The van der Waals surface area contributed by atoms with Gasteiger partial charge in [0.05, 0.1) is 13.3 Å². The van der Waals surface area contributed by atoms with E-state index in [9.17, 15) is 9.59 Å². The molecule has 0 aliphatic heterocycles. The first-order valence-corrected chi connectivity index (χ1v) is 12.4. The molecule has 2 N–H and O–H groups in total. The number of carbonyl (C=O) groups excluding carboxylic acids is 2. The zero-order valence-corrected chi connectivity index (χ0v) is 22.5. The van der Waals surface area contributed by atoms with Gasteiger partial charge in [0.1, 0.15) is 24.1 Å². The average Bonchev–Trinajstić information content (AvgIpc) is 2.87. The van der Waals surface area contributed by atoms with E-state index in [1.807, 2.05) is 44.2 Å². The van der Waals surface area contributed by atoms with Gasteiger partial charge in [-0.25, -0.2) is 5.43 Å². The summed E-state index contributed by atoms with van der Waals surface area (Å²) >= 11 is 9.67. The Labute approximate surface area is 224 Å². The van der Waals surface area contributed by atoms with E-state index >= 15 is 0 Å². The van der Waals surface area contributed by atoms with E-state index in [1.54, 1.807) is 43.5 Å². The second kappa shape index (κ2) is 13.1. The first-order valence-electron chi connectivity index (χ1n) is 11.2. The largest absolute Gasteiger partial charge is 0.497 e. The Kier molecular flexibility index (Phi) is 9.90. The third-order valence-electron chi connectivity index (χ3n) is 5.28. The molecule has 9 heteroatoms. The van der Waals surface area contributed by atoms with E-state index in [-0.39, 0.29) is 18.4 Å². The zero-order chi connectivity index (χ0) is 26.1. The Morgan fingerprint density at radius 1 is 1.08 bits per heavy atom. The van der Waals surface area contributed by atoms with Crippen LogP contribution in [0.25, 0.3) is 0 Å². The number of carbonyl (C=O) groups is 2. The van der Waals surface area contributed by atoms with Gasteiger partial charge in [0, 0.05) is 26.2 Å². The molecule has 0 saturated heterocycles. The summed E-state index contributed by atoms with van der Waals surface area (Å²) in [4.78, 5) is 25.5. The zero-order valence-electron chi connectivity index (χ0n) is 20.1. The lowest BCUT2D eigenvalue weighted by Crippen LogP contribution is -2.48. The van der Waals surface area contributed by atoms with E-state index in [4.69, 9.17) is 21.1 Å². The van der Waals surface area contributed by atoms with Crippen LogP contribution in [0.2, 0.25) is 5.02 Å². The molecule has 0 heterocycles. The lowest BCUT2D eigenvalue weighted by atomic mass is 10.0. The van der Waals surface area contributed by atoms with Crippen molar-refractivity contribution in [2.75, 3.05) is 7.11 Å². The summed E-state index contributed by atoms with van der Waals surface area (Å²) < 4.78 is 11.9. The maximum Gasteiger partial charge on any atom is 0.262 e. The molecule has 0 aliphatic rings. The van der Waals surface area contributed by atoms with Crippen LogP contribution in [0, 0.1) is 5.92 Å².